The molecule has 1 aliphatic heterocycles. The number of carboxylic acids is 1. The van der Waals surface area contributed by atoms with Crippen LogP contribution in [-0.4, -0.2) is 33.7 Å². The van der Waals surface area contributed by atoms with Crippen molar-refractivity contribution in [3.63, 3.8) is 0 Å². The summed E-state index contributed by atoms with van der Waals surface area (Å²) in [4.78, 5) is 11.6. The molecule has 1 aliphatic rings. The number of ether oxygens (including phenoxy) is 1. The second-order valence-corrected chi connectivity index (χ2v) is 7.20. The van der Waals surface area contributed by atoms with Gasteiger partial charge in [0.1, 0.15) is 0 Å². The maximum atomic E-state index is 12.2. The molecule has 1 saturated heterocycles. The Morgan fingerprint density at radius 2 is 2.30 bits per heavy atom. The number of rotatable bonds is 6. The fourth-order valence-electron chi connectivity index (χ4n) is 2.24. The minimum atomic E-state index is -1.16. The predicted molar refractivity (Wildman–Crippen MR) is 80.6 cm³/mol. The Hall–Kier alpha value is -0.720. The first-order valence-electron chi connectivity index (χ1n) is 6.61. The van der Waals surface area contributed by atoms with Crippen LogP contribution in [0.5, 0.6) is 0 Å². The van der Waals surface area contributed by atoms with Gasteiger partial charge in [-0.2, -0.15) is 0 Å². The minimum absolute atomic E-state index is 0.148. The molecule has 2 atom stereocenters. The Morgan fingerprint density at radius 3 is 2.95 bits per heavy atom. The SMILES string of the molecule is O=C(O)c1cc(S(=O)CCCC2CCCO2)ccc1Br. The Balaban J connectivity index is 1.91. The molecule has 6 heteroatoms. The fourth-order valence-corrected chi connectivity index (χ4v) is 3.79. The van der Waals surface area contributed by atoms with Crippen molar-refractivity contribution in [2.75, 3.05) is 12.4 Å². The van der Waals surface area contributed by atoms with Crippen molar-refractivity contribution in [2.45, 2.75) is 36.7 Å². The molecule has 0 saturated carbocycles. The van der Waals surface area contributed by atoms with E-state index in [-0.39, 0.29) is 5.56 Å². The summed E-state index contributed by atoms with van der Waals surface area (Å²) in [5, 5.41) is 9.05. The van der Waals surface area contributed by atoms with E-state index < -0.39 is 16.8 Å². The van der Waals surface area contributed by atoms with E-state index in [4.69, 9.17) is 9.84 Å². The van der Waals surface area contributed by atoms with Crippen molar-refractivity contribution >= 4 is 32.7 Å². The second-order valence-electron chi connectivity index (χ2n) is 4.77. The Kier molecular flexibility index (Phi) is 5.74. The first kappa shape index (κ1) is 15.7. The summed E-state index contributed by atoms with van der Waals surface area (Å²) >= 11 is 3.18. The van der Waals surface area contributed by atoms with E-state index in [1.165, 1.54) is 6.07 Å². The van der Waals surface area contributed by atoms with Crippen LogP contribution in [0.25, 0.3) is 0 Å². The van der Waals surface area contributed by atoms with Gasteiger partial charge in [0.15, 0.2) is 0 Å². The molecule has 1 aromatic carbocycles. The number of carbonyl (C=O) groups is 1. The first-order valence-corrected chi connectivity index (χ1v) is 8.72. The quantitative estimate of drug-likeness (QED) is 0.845. The molecular weight excluding hydrogens is 344 g/mol. The van der Waals surface area contributed by atoms with E-state index in [9.17, 15) is 9.00 Å². The van der Waals surface area contributed by atoms with Crippen LogP contribution in [0.4, 0.5) is 0 Å². The molecule has 110 valence electrons. The van der Waals surface area contributed by atoms with E-state index in [1.807, 2.05) is 0 Å². The summed E-state index contributed by atoms with van der Waals surface area (Å²) in [5.41, 5.74) is 0.148. The van der Waals surface area contributed by atoms with E-state index in [0.29, 0.717) is 21.2 Å². The second kappa shape index (κ2) is 7.33. The fraction of sp³-hybridized carbons (Fsp3) is 0.500. The van der Waals surface area contributed by atoms with Gasteiger partial charge in [-0.25, -0.2) is 4.79 Å². The largest absolute Gasteiger partial charge is 0.478 e. The lowest BCUT2D eigenvalue weighted by Crippen LogP contribution is -2.08. The predicted octanol–water partition coefficient (Wildman–Crippen LogP) is 3.21. The van der Waals surface area contributed by atoms with Crippen LogP contribution in [0.1, 0.15) is 36.0 Å². The monoisotopic (exact) mass is 360 g/mol. The van der Waals surface area contributed by atoms with Gasteiger partial charge in [-0.3, -0.25) is 4.21 Å². The van der Waals surface area contributed by atoms with Crippen LogP contribution < -0.4 is 0 Å². The Labute approximate surface area is 129 Å². The summed E-state index contributed by atoms with van der Waals surface area (Å²) in [6, 6.07) is 4.82. The number of aromatic carboxylic acids is 1. The summed E-state index contributed by atoms with van der Waals surface area (Å²) in [6.45, 7) is 0.836. The van der Waals surface area contributed by atoms with Crippen LogP contribution in [0.3, 0.4) is 0 Å². The van der Waals surface area contributed by atoms with E-state index in [1.54, 1.807) is 12.1 Å². The molecule has 0 bridgehead atoms. The van der Waals surface area contributed by atoms with Crippen molar-refractivity contribution in [3.05, 3.63) is 28.2 Å². The standard InChI is InChI=1S/C14H17BrO4S/c15-13-6-5-11(9-12(13)14(16)17)20(18)8-2-4-10-3-1-7-19-10/h5-6,9-10H,1-4,7-8H2,(H,16,17). The Morgan fingerprint density at radius 1 is 1.50 bits per heavy atom. The van der Waals surface area contributed by atoms with Crippen molar-refractivity contribution in [3.8, 4) is 0 Å². The lowest BCUT2D eigenvalue weighted by Gasteiger charge is -2.09. The van der Waals surface area contributed by atoms with Crippen molar-refractivity contribution in [1.29, 1.82) is 0 Å². The zero-order chi connectivity index (χ0) is 14.5. The van der Waals surface area contributed by atoms with Gasteiger partial charge in [-0.05, 0) is 59.8 Å². The van der Waals surface area contributed by atoms with Gasteiger partial charge in [-0.1, -0.05) is 0 Å². The van der Waals surface area contributed by atoms with Crippen LogP contribution in [0.15, 0.2) is 27.6 Å². The number of hydrogen-bond donors (Lipinski definition) is 1. The number of benzene rings is 1. The molecular formula is C14H17BrO4S. The molecule has 4 nitrogen and oxygen atoms in total. The van der Waals surface area contributed by atoms with Gasteiger partial charge in [0.2, 0.25) is 0 Å². The van der Waals surface area contributed by atoms with Crippen LogP contribution in [0.2, 0.25) is 0 Å². The first-order chi connectivity index (χ1) is 9.58. The third kappa shape index (κ3) is 4.14. The molecule has 1 N–H and O–H groups in total. The van der Waals surface area contributed by atoms with Gasteiger partial charge in [0.05, 0.1) is 22.5 Å². The van der Waals surface area contributed by atoms with Gasteiger partial charge < -0.3 is 9.84 Å². The van der Waals surface area contributed by atoms with E-state index >= 15 is 0 Å². The average molecular weight is 361 g/mol. The van der Waals surface area contributed by atoms with Crippen molar-refractivity contribution in [1.82, 2.24) is 0 Å². The molecule has 0 radical (unpaired) electrons. The number of carboxylic acid groups (broad SMARTS) is 1. The molecule has 0 amide bonds. The van der Waals surface area contributed by atoms with Crippen molar-refractivity contribution in [2.24, 2.45) is 0 Å². The molecule has 2 unspecified atom stereocenters. The zero-order valence-corrected chi connectivity index (χ0v) is 13.4. The number of halogens is 1. The molecule has 1 fully saturated rings. The summed E-state index contributed by atoms with van der Waals surface area (Å²) in [7, 11) is -1.16. The molecule has 0 aromatic heterocycles. The topological polar surface area (TPSA) is 63.6 Å². The number of hydrogen-bond acceptors (Lipinski definition) is 3. The minimum Gasteiger partial charge on any atom is -0.478 e. The molecule has 1 heterocycles. The smallest absolute Gasteiger partial charge is 0.336 e. The summed E-state index contributed by atoms with van der Waals surface area (Å²) in [6.07, 6.45) is 4.27. The zero-order valence-electron chi connectivity index (χ0n) is 11.0. The van der Waals surface area contributed by atoms with Crippen LogP contribution >= 0.6 is 15.9 Å². The average Bonchev–Trinajstić information content (AvgIpc) is 2.92. The Bertz CT molecular complexity index is 512. The maximum absolute atomic E-state index is 12.2. The van der Waals surface area contributed by atoms with E-state index in [2.05, 4.69) is 15.9 Å². The van der Waals surface area contributed by atoms with E-state index in [0.717, 1.165) is 32.3 Å². The maximum Gasteiger partial charge on any atom is 0.336 e. The van der Waals surface area contributed by atoms with Gasteiger partial charge >= 0.3 is 5.97 Å². The van der Waals surface area contributed by atoms with Gasteiger partial charge in [0.25, 0.3) is 0 Å². The summed E-state index contributed by atoms with van der Waals surface area (Å²) in [5.74, 6) is -0.476. The molecule has 20 heavy (non-hydrogen) atoms. The highest BCUT2D eigenvalue weighted by molar-refractivity contribution is 9.10. The van der Waals surface area contributed by atoms with Crippen LogP contribution in [0, 0.1) is 0 Å². The highest BCUT2D eigenvalue weighted by Crippen LogP contribution is 2.22. The summed E-state index contributed by atoms with van der Waals surface area (Å²) < 4.78 is 18.2. The van der Waals surface area contributed by atoms with Crippen LogP contribution in [-0.2, 0) is 15.5 Å². The normalized spacial score (nSPS) is 19.9. The molecule has 0 aliphatic carbocycles. The van der Waals surface area contributed by atoms with Gasteiger partial charge in [0, 0.05) is 21.7 Å². The third-order valence-electron chi connectivity index (χ3n) is 3.31. The molecule has 0 spiro atoms. The molecule has 1 aromatic rings. The third-order valence-corrected chi connectivity index (χ3v) is 5.44. The lowest BCUT2D eigenvalue weighted by atomic mass is 10.1. The van der Waals surface area contributed by atoms with Gasteiger partial charge in [-0.15, -0.1) is 0 Å². The highest BCUT2D eigenvalue weighted by atomic mass is 79.9. The lowest BCUT2D eigenvalue weighted by molar-refractivity contribution is 0.0695. The highest BCUT2D eigenvalue weighted by Gasteiger charge is 2.16. The van der Waals surface area contributed by atoms with Crippen molar-refractivity contribution < 1.29 is 18.8 Å². The molecule has 2 rings (SSSR count).